The Kier molecular flexibility index (Phi) is 5.66. The predicted octanol–water partition coefficient (Wildman–Crippen LogP) is 3.60. The monoisotopic (exact) mass is 415 g/mol. The largest absolute Gasteiger partial charge is 0.465 e. The fourth-order valence-electron chi connectivity index (χ4n) is 3.46. The molecule has 3 amide bonds. The molecule has 0 unspecified atom stereocenters. The minimum absolute atomic E-state index is 0.0113. The molecule has 1 aliphatic heterocycles. The van der Waals surface area contributed by atoms with Gasteiger partial charge in [-0.05, 0) is 54.4 Å². The first kappa shape index (κ1) is 20.2. The Morgan fingerprint density at radius 1 is 1.03 bits per heavy atom. The topological polar surface area (TPSA) is 91.7 Å². The summed E-state index contributed by atoms with van der Waals surface area (Å²) in [5, 5.41) is 5.48. The lowest BCUT2D eigenvalue weighted by molar-refractivity contribution is -0.116. The van der Waals surface area contributed by atoms with Crippen molar-refractivity contribution in [3.8, 4) is 0 Å². The van der Waals surface area contributed by atoms with E-state index >= 15 is 0 Å². The van der Waals surface area contributed by atoms with Gasteiger partial charge in [-0.1, -0.05) is 18.2 Å². The number of nitrogens with zero attached hydrogens (tertiary/aromatic N) is 1. The number of hydrogen-bond acceptors (Lipinski definition) is 4. The Morgan fingerprint density at radius 3 is 2.55 bits per heavy atom. The number of amides is 3. The molecule has 0 radical (unpaired) electrons. The van der Waals surface area contributed by atoms with Crippen molar-refractivity contribution in [3.05, 3.63) is 89.5 Å². The molecule has 0 aliphatic carbocycles. The number of carbonyl (C=O) groups is 3. The molecule has 156 valence electrons. The molecule has 2 heterocycles. The first-order valence-corrected chi connectivity index (χ1v) is 9.85. The summed E-state index contributed by atoms with van der Waals surface area (Å²) in [5.74, 6) is -0.464. The predicted molar refractivity (Wildman–Crippen MR) is 117 cm³/mol. The van der Waals surface area contributed by atoms with Crippen molar-refractivity contribution in [1.82, 2.24) is 5.32 Å². The van der Waals surface area contributed by atoms with Crippen LogP contribution in [-0.2, 0) is 16.0 Å². The van der Waals surface area contributed by atoms with E-state index in [1.807, 2.05) is 18.2 Å². The van der Waals surface area contributed by atoms with Crippen molar-refractivity contribution in [3.63, 3.8) is 0 Å². The van der Waals surface area contributed by atoms with Gasteiger partial charge in [0.1, 0.15) is 11.5 Å². The second kappa shape index (κ2) is 8.71. The van der Waals surface area contributed by atoms with Crippen LogP contribution < -0.4 is 15.5 Å². The molecule has 0 saturated carbocycles. The summed E-state index contributed by atoms with van der Waals surface area (Å²) in [6.07, 6.45) is 3.68. The van der Waals surface area contributed by atoms with Crippen LogP contribution >= 0.6 is 0 Å². The highest BCUT2D eigenvalue weighted by atomic mass is 16.3. The molecular weight excluding hydrogens is 394 g/mol. The molecule has 0 bridgehead atoms. The van der Waals surface area contributed by atoms with Crippen molar-refractivity contribution in [1.29, 1.82) is 0 Å². The van der Waals surface area contributed by atoms with Crippen LogP contribution in [0.4, 0.5) is 11.4 Å². The molecule has 7 nitrogen and oxygen atoms in total. The molecule has 0 spiro atoms. The maximum absolute atomic E-state index is 13.0. The fourth-order valence-corrected chi connectivity index (χ4v) is 3.46. The van der Waals surface area contributed by atoms with Gasteiger partial charge in [0, 0.05) is 36.5 Å². The number of anilines is 2. The zero-order valence-corrected chi connectivity index (χ0v) is 16.9. The molecule has 4 rings (SSSR count). The lowest BCUT2D eigenvalue weighted by Gasteiger charge is -2.15. The maximum Gasteiger partial charge on any atom is 0.272 e. The lowest BCUT2D eigenvalue weighted by atomic mass is 10.1. The van der Waals surface area contributed by atoms with Gasteiger partial charge in [-0.3, -0.25) is 14.4 Å². The molecule has 0 fully saturated rings. The molecule has 1 aromatic heterocycles. The third-order valence-corrected chi connectivity index (χ3v) is 4.97. The number of benzene rings is 2. The lowest BCUT2D eigenvalue weighted by Crippen LogP contribution is -2.30. The Labute approximate surface area is 179 Å². The quantitative estimate of drug-likeness (QED) is 0.623. The third kappa shape index (κ3) is 4.56. The summed E-state index contributed by atoms with van der Waals surface area (Å²) in [7, 11) is 0. The zero-order chi connectivity index (χ0) is 21.8. The number of carbonyl (C=O) groups excluding carboxylic acids is 3. The highest BCUT2D eigenvalue weighted by molar-refractivity contribution is 6.10. The van der Waals surface area contributed by atoms with E-state index < -0.39 is 11.8 Å². The molecule has 7 heteroatoms. The van der Waals surface area contributed by atoms with E-state index in [9.17, 15) is 14.4 Å². The number of hydrogen-bond donors (Lipinski definition) is 2. The normalized spacial score (nSPS) is 12.9. The Morgan fingerprint density at radius 2 is 1.84 bits per heavy atom. The van der Waals surface area contributed by atoms with Gasteiger partial charge in [0.05, 0.1) is 6.26 Å². The summed E-state index contributed by atoms with van der Waals surface area (Å²) >= 11 is 0. The van der Waals surface area contributed by atoms with Gasteiger partial charge in [0.15, 0.2) is 0 Å². The van der Waals surface area contributed by atoms with Gasteiger partial charge in [-0.2, -0.15) is 0 Å². The molecule has 2 aromatic carbocycles. The molecular formula is C24H21N3O4. The fraction of sp³-hybridized carbons (Fsp3) is 0.125. The Hall–Kier alpha value is -4.13. The van der Waals surface area contributed by atoms with Gasteiger partial charge >= 0.3 is 0 Å². The van der Waals surface area contributed by atoms with Crippen molar-refractivity contribution in [2.24, 2.45) is 0 Å². The number of furan rings is 1. The van der Waals surface area contributed by atoms with Gasteiger partial charge in [-0.15, -0.1) is 0 Å². The van der Waals surface area contributed by atoms with Crippen molar-refractivity contribution in [2.75, 3.05) is 16.8 Å². The Balaban J connectivity index is 1.55. The zero-order valence-electron chi connectivity index (χ0n) is 16.9. The Bertz CT molecular complexity index is 1150. The molecule has 1 aliphatic rings. The van der Waals surface area contributed by atoms with E-state index in [2.05, 4.69) is 10.6 Å². The molecule has 31 heavy (non-hydrogen) atoms. The smallest absolute Gasteiger partial charge is 0.272 e. The second-order valence-electron chi connectivity index (χ2n) is 7.11. The average Bonchev–Trinajstić information content (AvgIpc) is 3.43. The van der Waals surface area contributed by atoms with Gasteiger partial charge < -0.3 is 20.0 Å². The van der Waals surface area contributed by atoms with E-state index in [1.54, 1.807) is 47.4 Å². The average molecular weight is 415 g/mol. The first-order valence-electron chi connectivity index (χ1n) is 9.85. The van der Waals surface area contributed by atoms with Crippen LogP contribution in [0.15, 0.2) is 77.0 Å². The van der Waals surface area contributed by atoms with Crippen LogP contribution in [0.1, 0.15) is 28.6 Å². The van der Waals surface area contributed by atoms with E-state index in [1.165, 1.54) is 19.3 Å². The third-order valence-electron chi connectivity index (χ3n) is 4.97. The number of rotatable bonds is 5. The van der Waals surface area contributed by atoms with Gasteiger partial charge in [-0.25, -0.2) is 0 Å². The van der Waals surface area contributed by atoms with E-state index in [4.69, 9.17) is 4.42 Å². The minimum Gasteiger partial charge on any atom is -0.465 e. The summed E-state index contributed by atoms with van der Waals surface area (Å²) < 4.78 is 5.30. The van der Waals surface area contributed by atoms with Crippen LogP contribution in [0.5, 0.6) is 0 Å². The molecule has 2 N–H and O–H groups in total. The summed E-state index contributed by atoms with van der Waals surface area (Å²) in [5.41, 5.74) is 2.90. The summed E-state index contributed by atoms with van der Waals surface area (Å²) in [6.45, 7) is 2.16. The van der Waals surface area contributed by atoms with Crippen LogP contribution in [0, 0.1) is 0 Å². The summed E-state index contributed by atoms with van der Waals surface area (Å²) in [6, 6.07) is 17.4. The molecule has 3 aromatic rings. The highest BCUT2D eigenvalue weighted by Gasteiger charge is 2.23. The number of fused-ring (bicyclic) bond motifs is 1. The first-order chi connectivity index (χ1) is 15.0. The second-order valence-corrected chi connectivity index (χ2v) is 7.11. The molecule has 0 atom stereocenters. The van der Waals surface area contributed by atoms with E-state index in [0.717, 1.165) is 17.7 Å². The van der Waals surface area contributed by atoms with Crippen LogP contribution in [0.2, 0.25) is 0 Å². The van der Waals surface area contributed by atoms with E-state index in [0.29, 0.717) is 23.6 Å². The van der Waals surface area contributed by atoms with Crippen LogP contribution in [0.25, 0.3) is 6.08 Å². The van der Waals surface area contributed by atoms with Gasteiger partial charge in [0.2, 0.25) is 5.91 Å². The van der Waals surface area contributed by atoms with Crippen molar-refractivity contribution in [2.45, 2.75) is 13.3 Å². The maximum atomic E-state index is 13.0. The number of nitrogens with one attached hydrogen (secondary N) is 2. The van der Waals surface area contributed by atoms with E-state index in [-0.39, 0.29) is 11.6 Å². The SMILES string of the molecule is CC(=O)N1CCc2cc(NC(=O)/C(=C/c3ccco3)NC(=O)c3ccccc3)ccc21. The van der Waals surface area contributed by atoms with Crippen molar-refractivity contribution < 1.29 is 18.8 Å². The summed E-state index contributed by atoms with van der Waals surface area (Å²) in [4.78, 5) is 39.0. The van der Waals surface area contributed by atoms with Crippen LogP contribution in [-0.4, -0.2) is 24.3 Å². The standard InChI is InChI=1S/C24H21N3O4/c1-16(28)27-12-11-18-14-19(9-10-22(18)27)25-24(30)21(15-20-8-5-13-31-20)26-23(29)17-6-3-2-4-7-17/h2-10,13-15H,11-12H2,1H3,(H,25,30)(H,26,29)/b21-15-. The van der Waals surface area contributed by atoms with Crippen molar-refractivity contribution >= 4 is 35.2 Å². The minimum atomic E-state index is -0.484. The molecule has 0 saturated heterocycles. The van der Waals surface area contributed by atoms with Crippen LogP contribution in [0.3, 0.4) is 0 Å². The van der Waals surface area contributed by atoms with Gasteiger partial charge in [0.25, 0.3) is 11.8 Å². The highest BCUT2D eigenvalue weighted by Crippen LogP contribution is 2.30.